The lowest BCUT2D eigenvalue weighted by atomic mass is 9.98. The van der Waals surface area contributed by atoms with Gasteiger partial charge < -0.3 is 14.9 Å². The minimum absolute atomic E-state index is 0.146. The number of aromatic nitrogens is 5. The number of β-amino-alcohol motifs (C(OH)–C–C–N with tert-alkyl or cyclic N) is 1. The molecule has 2 aliphatic rings. The molecule has 6 rings (SSSR count). The van der Waals surface area contributed by atoms with Crippen LogP contribution < -0.4 is 9.80 Å². The standard InChI is InChI=1S/C25H29N7O/c1-15-7-8-20-19(10-15)25(27-17(3)26-20)31-9-5-4-6-22(31)21-11-23-28-24(30-13-18(33)14-30)16(2)12-32(23)29-21/h7-8,10-12,18,22,33H,4-6,9,13-14H2,1-3H3/t22-/m0/s1. The molecule has 0 saturated carbocycles. The topological polar surface area (TPSA) is 82.7 Å². The first-order valence-corrected chi connectivity index (χ1v) is 11.8. The minimum atomic E-state index is -0.256. The number of aliphatic hydroxyl groups excluding tert-OH is 1. The molecule has 2 saturated heterocycles. The smallest absolute Gasteiger partial charge is 0.157 e. The number of aliphatic hydroxyl groups is 1. The lowest BCUT2D eigenvalue weighted by Crippen LogP contribution is -2.51. The number of hydrogen-bond acceptors (Lipinski definition) is 7. The minimum Gasteiger partial charge on any atom is -0.389 e. The molecule has 33 heavy (non-hydrogen) atoms. The van der Waals surface area contributed by atoms with Crippen molar-refractivity contribution in [3.63, 3.8) is 0 Å². The maximum atomic E-state index is 9.70. The molecule has 170 valence electrons. The quantitative estimate of drug-likeness (QED) is 0.519. The van der Waals surface area contributed by atoms with Crippen molar-refractivity contribution in [1.82, 2.24) is 24.6 Å². The Kier molecular flexibility index (Phi) is 4.72. The van der Waals surface area contributed by atoms with Crippen LogP contribution in [0.25, 0.3) is 16.6 Å². The fourth-order valence-corrected chi connectivity index (χ4v) is 5.18. The highest BCUT2D eigenvalue weighted by Crippen LogP contribution is 2.37. The molecule has 0 aliphatic carbocycles. The third-order valence-corrected chi connectivity index (χ3v) is 6.84. The van der Waals surface area contributed by atoms with E-state index in [9.17, 15) is 5.11 Å². The van der Waals surface area contributed by atoms with Gasteiger partial charge in [0.25, 0.3) is 0 Å². The molecule has 0 amide bonds. The summed E-state index contributed by atoms with van der Waals surface area (Å²) in [5, 5.41) is 15.8. The van der Waals surface area contributed by atoms with Crippen molar-refractivity contribution in [3.8, 4) is 0 Å². The van der Waals surface area contributed by atoms with Crippen LogP contribution in [0.2, 0.25) is 0 Å². The Morgan fingerprint density at radius 1 is 0.970 bits per heavy atom. The highest BCUT2D eigenvalue weighted by Gasteiger charge is 2.30. The average molecular weight is 444 g/mol. The van der Waals surface area contributed by atoms with E-state index in [-0.39, 0.29) is 12.1 Å². The maximum absolute atomic E-state index is 9.70. The zero-order chi connectivity index (χ0) is 22.7. The number of nitrogens with zero attached hydrogens (tertiary/aromatic N) is 7. The molecule has 2 fully saturated rings. The van der Waals surface area contributed by atoms with Crippen LogP contribution in [-0.2, 0) is 0 Å². The van der Waals surface area contributed by atoms with Crippen molar-refractivity contribution in [2.24, 2.45) is 0 Å². The van der Waals surface area contributed by atoms with Gasteiger partial charge in [-0.15, -0.1) is 0 Å². The number of aryl methyl sites for hydroxylation is 3. The number of piperidine rings is 1. The van der Waals surface area contributed by atoms with Crippen molar-refractivity contribution in [2.75, 3.05) is 29.4 Å². The number of rotatable bonds is 3. The highest BCUT2D eigenvalue weighted by molar-refractivity contribution is 5.90. The van der Waals surface area contributed by atoms with Gasteiger partial charge in [0.05, 0.1) is 23.4 Å². The van der Waals surface area contributed by atoms with Gasteiger partial charge in [0.2, 0.25) is 0 Å². The van der Waals surface area contributed by atoms with Gasteiger partial charge in [0.15, 0.2) is 5.65 Å². The monoisotopic (exact) mass is 443 g/mol. The van der Waals surface area contributed by atoms with Gasteiger partial charge in [-0.25, -0.2) is 19.5 Å². The van der Waals surface area contributed by atoms with Crippen LogP contribution in [0.3, 0.4) is 0 Å². The SMILES string of the molecule is Cc1ccc2nc(C)nc(N3CCCC[C@H]3c3cc4nc(N5CC(O)C5)c(C)cn4n3)c2c1. The predicted octanol–water partition coefficient (Wildman–Crippen LogP) is 3.51. The van der Waals surface area contributed by atoms with Crippen LogP contribution in [0, 0.1) is 20.8 Å². The van der Waals surface area contributed by atoms with Crippen molar-refractivity contribution >= 4 is 28.2 Å². The molecule has 0 unspecified atom stereocenters. The maximum Gasteiger partial charge on any atom is 0.157 e. The zero-order valence-electron chi connectivity index (χ0n) is 19.4. The Bertz CT molecular complexity index is 1360. The van der Waals surface area contributed by atoms with Crippen molar-refractivity contribution in [3.05, 3.63) is 53.1 Å². The average Bonchev–Trinajstić information content (AvgIpc) is 3.19. The Hall–Kier alpha value is -3.26. The molecule has 8 nitrogen and oxygen atoms in total. The lowest BCUT2D eigenvalue weighted by molar-refractivity contribution is 0.141. The van der Waals surface area contributed by atoms with Crippen LogP contribution in [-0.4, -0.2) is 55.4 Å². The second-order valence-corrected chi connectivity index (χ2v) is 9.50. The van der Waals surface area contributed by atoms with Gasteiger partial charge in [0, 0.05) is 42.8 Å². The summed E-state index contributed by atoms with van der Waals surface area (Å²) in [5.74, 6) is 2.73. The van der Waals surface area contributed by atoms with Crippen LogP contribution in [0.5, 0.6) is 0 Å². The van der Waals surface area contributed by atoms with Crippen molar-refractivity contribution in [2.45, 2.75) is 52.2 Å². The van der Waals surface area contributed by atoms with Gasteiger partial charge in [-0.2, -0.15) is 5.10 Å². The Morgan fingerprint density at radius 3 is 2.64 bits per heavy atom. The first kappa shape index (κ1) is 20.4. The third-order valence-electron chi connectivity index (χ3n) is 6.84. The summed E-state index contributed by atoms with van der Waals surface area (Å²) in [6.07, 6.45) is 5.13. The summed E-state index contributed by atoms with van der Waals surface area (Å²) >= 11 is 0. The summed E-state index contributed by atoms with van der Waals surface area (Å²) in [6, 6.07) is 8.65. The Morgan fingerprint density at radius 2 is 1.82 bits per heavy atom. The summed E-state index contributed by atoms with van der Waals surface area (Å²) in [5.41, 5.74) is 5.14. The van der Waals surface area contributed by atoms with Gasteiger partial charge in [0.1, 0.15) is 17.5 Å². The second kappa shape index (κ2) is 7.66. The summed E-state index contributed by atoms with van der Waals surface area (Å²) in [4.78, 5) is 19.0. The van der Waals surface area contributed by atoms with E-state index < -0.39 is 0 Å². The molecule has 5 heterocycles. The van der Waals surface area contributed by atoms with E-state index in [1.54, 1.807) is 0 Å². The summed E-state index contributed by atoms with van der Waals surface area (Å²) < 4.78 is 1.89. The molecule has 0 radical (unpaired) electrons. The van der Waals surface area contributed by atoms with E-state index in [4.69, 9.17) is 15.1 Å². The largest absolute Gasteiger partial charge is 0.389 e. The highest BCUT2D eigenvalue weighted by atomic mass is 16.3. The van der Waals surface area contributed by atoms with Gasteiger partial charge >= 0.3 is 0 Å². The van der Waals surface area contributed by atoms with E-state index in [0.717, 1.165) is 64.7 Å². The number of hydrogen-bond donors (Lipinski definition) is 1. The van der Waals surface area contributed by atoms with Gasteiger partial charge in [-0.05, 0) is 52.2 Å². The molecule has 0 bridgehead atoms. The lowest BCUT2D eigenvalue weighted by Gasteiger charge is -2.37. The number of benzene rings is 1. The Balaban J connectivity index is 1.42. The summed E-state index contributed by atoms with van der Waals surface area (Å²) in [7, 11) is 0. The van der Waals surface area contributed by atoms with Crippen LogP contribution in [0.4, 0.5) is 11.6 Å². The van der Waals surface area contributed by atoms with Crippen LogP contribution in [0.15, 0.2) is 30.5 Å². The number of fused-ring (bicyclic) bond motifs is 2. The predicted molar refractivity (Wildman–Crippen MR) is 129 cm³/mol. The molecule has 8 heteroatoms. The normalized spacial score (nSPS) is 19.5. The van der Waals surface area contributed by atoms with Crippen molar-refractivity contribution in [1.29, 1.82) is 0 Å². The molecule has 4 aromatic rings. The second-order valence-electron chi connectivity index (χ2n) is 9.50. The molecular weight excluding hydrogens is 414 g/mol. The summed E-state index contributed by atoms with van der Waals surface area (Å²) in [6.45, 7) is 8.36. The molecule has 2 aliphatic heterocycles. The van der Waals surface area contributed by atoms with E-state index in [0.29, 0.717) is 13.1 Å². The Labute approximate surface area is 192 Å². The van der Waals surface area contributed by atoms with Crippen molar-refractivity contribution < 1.29 is 5.11 Å². The van der Waals surface area contributed by atoms with Crippen LogP contribution >= 0.6 is 0 Å². The fourth-order valence-electron chi connectivity index (χ4n) is 5.18. The fraction of sp³-hybridized carbons (Fsp3) is 0.440. The molecule has 1 atom stereocenters. The van der Waals surface area contributed by atoms with Gasteiger partial charge in [-0.1, -0.05) is 11.6 Å². The zero-order valence-corrected chi connectivity index (χ0v) is 19.4. The van der Waals surface area contributed by atoms with E-state index >= 15 is 0 Å². The third kappa shape index (κ3) is 3.49. The molecular formula is C25H29N7O. The molecule has 3 aromatic heterocycles. The van der Waals surface area contributed by atoms with Gasteiger partial charge in [-0.3, -0.25) is 0 Å². The molecule has 1 aromatic carbocycles. The first-order valence-electron chi connectivity index (χ1n) is 11.8. The number of anilines is 2. The first-order chi connectivity index (χ1) is 16.0. The molecule has 0 spiro atoms. The van der Waals surface area contributed by atoms with E-state index in [1.807, 2.05) is 17.6 Å². The molecule has 1 N–H and O–H groups in total. The van der Waals surface area contributed by atoms with E-state index in [2.05, 4.69) is 52.9 Å². The van der Waals surface area contributed by atoms with E-state index in [1.165, 1.54) is 12.0 Å². The van der Waals surface area contributed by atoms with Crippen LogP contribution in [0.1, 0.15) is 47.9 Å².